The third-order valence-corrected chi connectivity index (χ3v) is 3.90. The van der Waals surface area contributed by atoms with Crippen LogP contribution in [0, 0.1) is 0 Å². The average molecular weight is 335 g/mol. The van der Waals surface area contributed by atoms with E-state index in [2.05, 4.69) is 15.3 Å². The van der Waals surface area contributed by atoms with E-state index < -0.39 is 17.2 Å². The maximum Gasteiger partial charge on any atom is 0.288 e. The summed E-state index contributed by atoms with van der Waals surface area (Å²) in [4.78, 5) is 43.2. The minimum Gasteiger partial charge on any atom is -0.343 e. The SMILES string of the molecule is C[C@@H](NC(=O)C(=O)Cc1nc2ccccc2[nH]c1=O)c1ccccc1. The van der Waals surface area contributed by atoms with Crippen molar-refractivity contribution in [1.29, 1.82) is 0 Å². The zero-order valence-corrected chi connectivity index (χ0v) is 13.7. The van der Waals surface area contributed by atoms with Gasteiger partial charge in [-0.3, -0.25) is 14.4 Å². The lowest BCUT2D eigenvalue weighted by molar-refractivity contribution is -0.138. The number of hydrogen-bond donors (Lipinski definition) is 2. The minimum absolute atomic E-state index is 0.0335. The molecule has 0 unspecified atom stereocenters. The van der Waals surface area contributed by atoms with Gasteiger partial charge in [-0.25, -0.2) is 4.98 Å². The first kappa shape index (κ1) is 16.6. The van der Waals surface area contributed by atoms with E-state index in [0.717, 1.165) is 5.56 Å². The number of carbonyl (C=O) groups excluding carboxylic acids is 2. The number of rotatable bonds is 5. The molecule has 3 aromatic rings. The monoisotopic (exact) mass is 335 g/mol. The average Bonchev–Trinajstić information content (AvgIpc) is 2.63. The number of amides is 1. The molecule has 0 aliphatic heterocycles. The molecular formula is C19H17N3O3. The van der Waals surface area contributed by atoms with Gasteiger partial charge in [0.1, 0.15) is 5.69 Å². The Labute approximate surface area is 143 Å². The highest BCUT2D eigenvalue weighted by molar-refractivity contribution is 6.36. The van der Waals surface area contributed by atoms with Crippen LogP contribution in [-0.2, 0) is 16.0 Å². The fourth-order valence-corrected chi connectivity index (χ4v) is 2.52. The number of nitrogens with one attached hydrogen (secondary N) is 2. The lowest BCUT2D eigenvalue weighted by Crippen LogP contribution is -2.35. The number of hydrogen-bond acceptors (Lipinski definition) is 4. The van der Waals surface area contributed by atoms with Crippen LogP contribution in [0.15, 0.2) is 59.4 Å². The number of Topliss-reactive ketones (excluding diaryl/α,β-unsaturated/α-hetero) is 1. The first-order chi connectivity index (χ1) is 12.0. The number of para-hydroxylation sites is 2. The van der Waals surface area contributed by atoms with Gasteiger partial charge in [-0.15, -0.1) is 0 Å². The molecule has 25 heavy (non-hydrogen) atoms. The predicted molar refractivity (Wildman–Crippen MR) is 94.1 cm³/mol. The zero-order valence-electron chi connectivity index (χ0n) is 13.7. The van der Waals surface area contributed by atoms with Crippen molar-refractivity contribution in [3.05, 3.63) is 76.2 Å². The van der Waals surface area contributed by atoms with E-state index >= 15 is 0 Å². The van der Waals surface area contributed by atoms with E-state index in [1.54, 1.807) is 31.2 Å². The Kier molecular flexibility index (Phi) is 4.70. The third kappa shape index (κ3) is 3.80. The number of aromatic amines is 1. The molecule has 2 N–H and O–H groups in total. The second-order valence-corrected chi connectivity index (χ2v) is 5.74. The Bertz CT molecular complexity index is 980. The van der Waals surface area contributed by atoms with Crippen molar-refractivity contribution in [1.82, 2.24) is 15.3 Å². The smallest absolute Gasteiger partial charge is 0.288 e. The maximum atomic E-state index is 12.2. The molecular weight excluding hydrogens is 318 g/mol. The van der Waals surface area contributed by atoms with Crippen LogP contribution in [0.2, 0.25) is 0 Å². The molecule has 0 spiro atoms. The summed E-state index contributed by atoms with van der Waals surface area (Å²) < 4.78 is 0. The number of nitrogens with zero attached hydrogens (tertiary/aromatic N) is 1. The lowest BCUT2D eigenvalue weighted by atomic mass is 10.1. The standard InChI is InChI=1S/C19H17N3O3/c1-12(13-7-3-2-4-8-13)20-19(25)17(23)11-16-18(24)22-15-10-6-5-9-14(15)21-16/h2-10,12H,11H2,1H3,(H,20,25)(H,22,24)/t12-/m1/s1. The first-order valence-electron chi connectivity index (χ1n) is 7.91. The maximum absolute atomic E-state index is 12.2. The largest absolute Gasteiger partial charge is 0.343 e. The highest BCUT2D eigenvalue weighted by Crippen LogP contribution is 2.11. The molecule has 0 fully saturated rings. The lowest BCUT2D eigenvalue weighted by Gasteiger charge is -2.13. The quantitative estimate of drug-likeness (QED) is 0.697. The van der Waals surface area contributed by atoms with Crippen LogP contribution >= 0.6 is 0 Å². The summed E-state index contributed by atoms with van der Waals surface area (Å²) in [6, 6.07) is 16.0. The molecule has 1 aromatic heterocycles. The molecule has 0 aliphatic rings. The van der Waals surface area contributed by atoms with E-state index in [-0.39, 0.29) is 18.2 Å². The van der Waals surface area contributed by atoms with Gasteiger partial charge in [-0.1, -0.05) is 42.5 Å². The van der Waals surface area contributed by atoms with Crippen molar-refractivity contribution >= 4 is 22.7 Å². The second kappa shape index (κ2) is 7.09. The first-order valence-corrected chi connectivity index (χ1v) is 7.91. The van der Waals surface area contributed by atoms with E-state index in [4.69, 9.17) is 0 Å². The van der Waals surface area contributed by atoms with Crippen LogP contribution in [0.4, 0.5) is 0 Å². The molecule has 1 amide bonds. The highest BCUT2D eigenvalue weighted by atomic mass is 16.2. The molecule has 126 valence electrons. The third-order valence-electron chi connectivity index (χ3n) is 3.90. The predicted octanol–water partition coefficient (Wildman–Crippen LogP) is 1.91. The van der Waals surface area contributed by atoms with Crippen molar-refractivity contribution in [2.45, 2.75) is 19.4 Å². The van der Waals surface area contributed by atoms with E-state index in [1.165, 1.54) is 0 Å². The summed E-state index contributed by atoms with van der Waals surface area (Å²) in [5.41, 5.74) is 1.63. The van der Waals surface area contributed by atoms with Crippen LogP contribution in [-0.4, -0.2) is 21.7 Å². The molecule has 0 radical (unpaired) electrons. The van der Waals surface area contributed by atoms with Gasteiger partial charge in [-0.2, -0.15) is 0 Å². The molecule has 3 rings (SSSR count). The Morgan fingerprint density at radius 3 is 2.52 bits per heavy atom. The van der Waals surface area contributed by atoms with Gasteiger partial charge in [0, 0.05) is 0 Å². The van der Waals surface area contributed by atoms with Gasteiger partial charge < -0.3 is 10.3 Å². The number of benzene rings is 2. The van der Waals surface area contributed by atoms with Crippen molar-refractivity contribution in [3.8, 4) is 0 Å². The summed E-state index contributed by atoms with van der Waals surface area (Å²) >= 11 is 0. The van der Waals surface area contributed by atoms with Gasteiger partial charge in [0.15, 0.2) is 0 Å². The van der Waals surface area contributed by atoms with Crippen LogP contribution in [0.5, 0.6) is 0 Å². The highest BCUT2D eigenvalue weighted by Gasteiger charge is 2.19. The number of H-pyrrole nitrogens is 1. The Hall–Kier alpha value is -3.28. The summed E-state index contributed by atoms with van der Waals surface area (Å²) in [6.45, 7) is 1.79. The fourth-order valence-electron chi connectivity index (χ4n) is 2.52. The summed E-state index contributed by atoms with van der Waals surface area (Å²) in [6.07, 6.45) is -0.340. The number of carbonyl (C=O) groups is 2. The number of fused-ring (bicyclic) bond motifs is 1. The molecule has 0 saturated carbocycles. The van der Waals surface area contributed by atoms with Gasteiger partial charge in [0.2, 0.25) is 5.78 Å². The van der Waals surface area contributed by atoms with Crippen molar-refractivity contribution in [2.24, 2.45) is 0 Å². The second-order valence-electron chi connectivity index (χ2n) is 5.74. The van der Waals surface area contributed by atoms with Crippen LogP contribution < -0.4 is 10.9 Å². The van der Waals surface area contributed by atoms with E-state index in [0.29, 0.717) is 11.0 Å². The van der Waals surface area contributed by atoms with E-state index in [9.17, 15) is 14.4 Å². The molecule has 0 aliphatic carbocycles. The van der Waals surface area contributed by atoms with Crippen LogP contribution in [0.3, 0.4) is 0 Å². The summed E-state index contributed by atoms with van der Waals surface area (Å²) in [5, 5.41) is 2.64. The van der Waals surface area contributed by atoms with Crippen molar-refractivity contribution in [3.63, 3.8) is 0 Å². The minimum atomic E-state index is -0.731. The Morgan fingerprint density at radius 1 is 1.08 bits per heavy atom. The molecule has 6 nitrogen and oxygen atoms in total. The molecule has 1 atom stereocenters. The zero-order chi connectivity index (χ0) is 17.8. The number of aromatic nitrogens is 2. The fraction of sp³-hybridized carbons (Fsp3) is 0.158. The molecule has 0 bridgehead atoms. The van der Waals surface area contributed by atoms with Crippen molar-refractivity contribution in [2.75, 3.05) is 0 Å². The van der Waals surface area contributed by atoms with Crippen molar-refractivity contribution < 1.29 is 9.59 Å². The van der Waals surface area contributed by atoms with Gasteiger partial charge in [-0.05, 0) is 24.6 Å². The molecule has 2 aromatic carbocycles. The topological polar surface area (TPSA) is 91.9 Å². The normalized spacial score (nSPS) is 11.9. The van der Waals surface area contributed by atoms with Crippen LogP contribution in [0.1, 0.15) is 24.2 Å². The summed E-state index contributed by atoms with van der Waals surface area (Å²) in [7, 11) is 0. The van der Waals surface area contributed by atoms with Gasteiger partial charge in [0.25, 0.3) is 11.5 Å². The Balaban J connectivity index is 1.72. The molecule has 0 saturated heterocycles. The van der Waals surface area contributed by atoms with Crippen LogP contribution in [0.25, 0.3) is 11.0 Å². The van der Waals surface area contributed by atoms with E-state index in [1.807, 2.05) is 30.3 Å². The Morgan fingerprint density at radius 2 is 1.76 bits per heavy atom. The molecule has 6 heteroatoms. The summed E-state index contributed by atoms with van der Waals surface area (Å²) in [5.74, 6) is -1.43. The number of ketones is 1. The van der Waals surface area contributed by atoms with Gasteiger partial charge in [0.05, 0.1) is 23.5 Å². The van der Waals surface area contributed by atoms with Gasteiger partial charge >= 0.3 is 0 Å². The molecule has 1 heterocycles.